The molecule has 0 aliphatic rings. The van der Waals surface area contributed by atoms with Crippen LogP contribution in [0.5, 0.6) is 0 Å². The molecule has 0 saturated heterocycles. The number of halogens is 1. The number of amides is 2. The third kappa shape index (κ3) is 6.61. The zero-order valence-electron chi connectivity index (χ0n) is 19.7. The van der Waals surface area contributed by atoms with E-state index in [1.54, 1.807) is 49.4 Å². The van der Waals surface area contributed by atoms with Crippen LogP contribution in [0.4, 0.5) is 11.4 Å². The van der Waals surface area contributed by atoms with Crippen LogP contribution >= 0.6 is 11.6 Å². The van der Waals surface area contributed by atoms with Crippen molar-refractivity contribution in [3.05, 3.63) is 95.0 Å². The highest BCUT2D eigenvalue weighted by atomic mass is 35.5. The van der Waals surface area contributed by atoms with Crippen molar-refractivity contribution in [2.75, 3.05) is 15.9 Å². The van der Waals surface area contributed by atoms with E-state index < -0.39 is 22.0 Å². The fourth-order valence-corrected chi connectivity index (χ4v) is 5.17. The molecule has 3 aromatic rings. The van der Waals surface area contributed by atoms with Gasteiger partial charge in [0.25, 0.3) is 5.91 Å². The fraction of sp³-hybridized carbons (Fsp3) is 0.231. The summed E-state index contributed by atoms with van der Waals surface area (Å²) in [6.45, 7) is 3.59. The van der Waals surface area contributed by atoms with Crippen molar-refractivity contribution in [1.29, 1.82) is 0 Å². The van der Waals surface area contributed by atoms with Gasteiger partial charge in [0.05, 0.1) is 29.2 Å². The number of anilines is 2. The Morgan fingerprint density at radius 3 is 2.26 bits per heavy atom. The van der Waals surface area contributed by atoms with Crippen LogP contribution in [0, 0.1) is 0 Å². The van der Waals surface area contributed by atoms with Gasteiger partial charge in [0.15, 0.2) is 0 Å². The van der Waals surface area contributed by atoms with Gasteiger partial charge in [0.2, 0.25) is 15.9 Å². The van der Waals surface area contributed by atoms with Crippen molar-refractivity contribution in [3.63, 3.8) is 0 Å². The third-order valence-electron chi connectivity index (χ3n) is 5.47. The van der Waals surface area contributed by atoms with Gasteiger partial charge < -0.3 is 10.6 Å². The lowest BCUT2D eigenvalue weighted by Gasteiger charge is -2.30. The van der Waals surface area contributed by atoms with Gasteiger partial charge in [0.1, 0.15) is 6.04 Å². The predicted octanol–water partition coefficient (Wildman–Crippen LogP) is 5.01. The van der Waals surface area contributed by atoms with Gasteiger partial charge >= 0.3 is 0 Å². The molecule has 0 bridgehead atoms. The zero-order valence-corrected chi connectivity index (χ0v) is 21.3. The standard InChI is InChI=1S/C26H28ClN3O4S/c1-4-24(30(35(3,33)34)21-14-10-13-20(27)17-21)26(32)29-23-16-9-8-15-22(23)25(31)28-18(2)19-11-6-5-7-12-19/h5-18,24H,4H2,1-3H3,(H,28,31)(H,29,32)/t18-,24+/m0/s1. The van der Waals surface area contributed by atoms with Crippen LogP contribution in [-0.4, -0.2) is 32.5 Å². The van der Waals surface area contributed by atoms with Crippen molar-refractivity contribution in [2.45, 2.75) is 32.4 Å². The molecule has 184 valence electrons. The molecule has 2 amide bonds. The van der Waals surface area contributed by atoms with E-state index in [9.17, 15) is 18.0 Å². The van der Waals surface area contributed by atoms with Crippen LogP contribution in [0.1, 0.15) is 42.2 Å². The molecule has 2 atom stereocenters. The first kappa shape index (κ1) is 26.2. The molecule has 35 heavy (non-hydrogen) atoms. The highest BCUT2D eigenvalue weighted by Gasteiger charge is 2.32. The first-order valence-corrected chi connectivity index (χ1v) is 13.3. The summed E-state index contributed by atoms with van der Waals surface area (Å²) in [5.74, 6) is -0.922. The highest BCUT2D eigenvalue weighted by molar-refractivity contribution is 7.92. The summed E-state index contributed by atoms with van der Waals surface area (Å²) in [6, 6.07) is 21.1. The second kappa shape index (κ2) is 11.4. The van der Waals surface area contributed by atoms with Crippen molar-refractivity contribution >= 4 is 44.8 Å². The lowest BCUT2D eigenvalue weighted by molar-refractivity contribution is -0.117. The number of sulfonamides is 1. The quantitative estimate of drug-likeness (QED) is 0.420. The van der Waals surface area contributed by atoms with Crippen LogP contribution in [0.3, 0.4) is 0 Å². The van der Waals surface area contributed by atoms with Crippen LogP contribution in [0.15, 0.2) is 78.9 Å². The lowest BCUT2D eigenvalue weighted by Crippen LogP contribution is -2.47. The predicted molar refractivity (Wildman–Crippen MR) is 140 cm³/mol. The van der Waals surface area contributed by atoms with Crippen LogP contribution < -0.4 is 14.9 Å². The Balaban J connectivity index is 1.86. The second-order valence-corrected chi connectivity index (χ2v) is 10.4. The number of nitrogens with one attached hydrogen (secondary N) is 2. The van der Waals surface area contributed by atoms with Crippen LogP contribution in [-0.2, 0) is 14.8 Å². The summed E-state index contributed by atoms with van der Waals surface area (Å²) >= 11 is 6.07. The summed E-state index contributed by atoms with van der Waals surface area (Å²) in [5.41, 5.74) is 1.78. The van der Waals surface area contributed by atoms with E-state index in [0.717, 1.165) is 16.1 Å². The average molecular weight is 514 g/mol. The van der Waals surface area contributed by atoms with Crippen LogP contribution in [0.25, 0.3) is 0 Å². The van der Waals surface area contributed by atoms with E-state index in [1.165, 1.54) is 6.07 Å². The molecule has 0 aliphatic carbocycles. The maximum atomic E-state index is 13.3. The largest absolute Gasteiger partial charge is 0.345 e. The Morgan fingerprint density at radius 1 is 0.971 bits per heavy atom. The van der Waals surface area contributed by atoms with Gasteiger partial charge in [-0.25, -0.2) is 8.42 Å². The van der Waals surface area contributed by atoms with Gasteiger partial charge in [-0.3, -0.25) is 13.9 Å². The summed E-state index contributed by atoms with van der Waals surface area (Å²) < 4.78 is 26.4. The minimum absolute atomic E-state index is 0.199. The van der Waals surface area contributed by atoms with Crippen molar-refractivity contribution in [3.8, 4) is 0 Å². The number of carbonyl (C=O) groups is 2. The van der Waals surface area contributed by atoms with E-state index in [4.69, 9.17) is 11.6 Å². The molecule has 0 saturated carbocycles. The number of hydrogen-bond donors (Lipinski definition) is 2. The number of carbonyl (C=O) groups excluding carboxylic acids is 2. The van der Waals surface area contributed by atoms with Crippen LogP contribution in [0.2, 0.25) is 5.02 Å². The fourth-order valence-electron chi connectivity index (χ4n) is 3.78. The van der Waals surface area contributed by atoms with Gasteiger partial charge in [-0.2, -0.15) is 0 Å². The Morgan fingerprint density at radius 2 is 1.63 bits per heavy atom. The molecule has 0 heterocycles. The Hall–Kier alpha value is -3.36. The molecule has 9 heteroatoms. The third-order valence-corrected chi connectivity index (χ3v) is 6.88. The molecule has 0 radical (unpaired) electrons. The summed E-state index contributed by atoms with van der Waals surface area (Å²) in [5, 5.41) is 6.04. The van der Waals surface area contributed by atoms with Crippen molar-refractivity contribution in [1.82, 2.24) is 5.32 Å². The second-order valence-electron chi connectivity index (χ2n) is 8.10. The van der Waals surface area contributed by atoms with Crippen molar-refractivity contribution in [2.24, 2.45) is 0 Å². The minimum Gasteiger partial charge on any atom is -0.345 e. The summed E-state index contributed by atoms with van der Waals surface area (Å²) in [6.07, 6.45) is 1.24. The van der Waals surface area contributed by atoms with Gasteiger partial charge in [-0.05, 0) is 49.2 Å². The van der Waals surface area contributed by atoms with E-state index in [1.807, 2.05) is 37.3 Å². The van der Waals surface area contributed by atoms with E-state index in [0.29, 0.717) is 5.02 Å². The molecule has 3 rings (SSSR count). The zero-order chi connectivity index (χ0) is 25.6. The molecule has 0 aromatic heterocycles. The molecule has 2 N–H and O–H groups in total. The molecular weight excluding hydrogens is 486 g/mol. The van der Waals surface area contributed by atoms with Gasteiger partial charge in [-0.1, -0.05) is 67.1 Å². The number of benzene rings is 3. The number of rotatable bonds is 9. The Labute approximate surface area is 211 Å². The summed E-state index contributed by atoms with van der Waals surface area (Å²) in [7, 11) is -3.82. The first-order chi connectivity index (χ1) is 16.6. The normalized spacial score (nSPS) is 12.9. The Bertz CT molecular complexity index is 1300. The minimum atomic E-state index is -3.82. The smallest absolute Gasteiger partial charge is 0.253 e. The average Bonchev–Trinajstić information content (AvgIpc) is 2.82. The SMILES string of the molecule is CC[C@H](C(=O)Nc1ccccc1C(=O)N[C@@H](C)c1ccccc1)N(c1cccc(Cl)c1)S(C)(=O)=O. The molecule has 0 fully saturated rings. The van der Waals surface area contributed by atoms with E-state index >= 15 is 0 Å². The molecule has 7 nitrogen and oxygen atoms in total. The molecular formula is C26H28ClN3O4S. The molecule has 3 aromatic carbocycles. The maximum Gasteiger partial charge on any atom is 0.253 e. The summed E-state index contributed by atoms with van der Waals surface area (Å²) in [4.78, 5) is 26.4. The lowest BCUT2D eigenvalue weighted by atomic mass is 10.1. The Kier molecular flexibility index (Phi) is 8.53. The molecule has 0 spiro atoms. The van der Waals surface area contributed by atoms with E-state index in [-0.39, 0.29) is 35.3 Å². The van der Waals surface area contributed by atoms with E-state index in [2.05, 4.69) is 10.6 Å². The van der Waals surface area contributed by atoms with Gasteiger partial charge in [0, 0.05) is 5.02 Å². The molecule has 0 unspecified atom stereocenters. The monoisotopic (exact) mass is 513 g/mol. The number of para-hydroxylation sites is 1. The highest BCUT2D eigenvalue weighted by Crippen LogP contribution is 2.26. The molecule has 0 aliphatic heterocycles. The maximum absolute atomic E-state index is 13.3. The number of hydrogen-bond acceptors (Lipinski definition) is 4. The van der Waals surface area contributed by atoms with Crippen molar-refractivity contribution < 1.29 is 18.0 Å². The number of nitrogens with zero attached hydrogens (tertiary/aromatic N) is 1. The topological polar surface area (TPSA) is 95.6 Å². The van der Waals surface area contributed by atoms with Gasteiger partial charge in [-0.15, -0.1) is 0 Å². The first-order valence-electron chi connectivity index (χ1n) is 11.1.